The second-order valence-corrected chi connectivity index (χ2v) is 24.2. The van der Waals surface area contributed by atoms with Gasteiger partial charge >= 0.3 is 5.97 Å². The maximum Gasteiger partial charge on any atom is 0.305 e. The van der Waals surface area contributed by atoms with E-state index in [9.17, 15) is 19.8 Å². The first-order valence-electron chi connectivity index (χ1n) is 35.3. The van der Waals surface area contributed by atoms with Crippen molar-refractivity contribution in [3.8, 4) is 0 Å². The van der Waals surface area contributed by atoms with E-state index in [0.29, 0.717) is 19.4 Å². The molecule has 2 unspecified atom stereocenters. The summed E-state index contributed by atoms with van der Waals surface area (Å²) in [5.41, 5.74) is 0. The summed E-state index contributed by atoms with van der Waals surface area (Å²) in [6.07, 6.45) is 86.4. The van der Waals surface area contributed by atoms with Gasteiger partial charge in [0.2, 0.25) is 5.91 Å². The van der Waals surface area contributed by atoms with Gasteiger partial charge in [-0.2, -0.15) is 0 Å². The van der Waals surface area contributed by atoms with Crippen molar-refractivity contribution in [2.75, 3.05) is 13.2 Å². The van der Waals surface area contributed by atoms with Gasteiger partial charge in [0.1, 0.15) is 0 Å². The molecule has 0 saturated heterocycles. The molecule has 0 saturated carbocycles. The first-order chi connectivity index (χ1) is 38.5. The fraction of sp³-hybridized carbons (Fsp3) is 0.889. The molecular weight excluding hydrogens is 959 g/mol. The molecule has 0 aromatic heterocycles. The van der Waals surface area contributed by atoms with Gasteiger partial charge in [0, 0.05) is 12.8 Å². The lowest BCUT2D eigenvalue weighted by atomic mass is 10.0. The molecule has 0 spiro atoms. The van der Waals surface area contributed by atoms with E-state index in [4.69, 9.17) is 4.74 Å². The number of rotatable bonds is 66. The van der Waals surface area contributed by atoms with E-state index >= 15 is 0 Å². The number of allylic oxidation sites excluding steroid dienone is 5. The number of esters is 1. The fourth-order valence-corrected chi connectivity index (χ4v) is 11.0. The average Bonchev–Trinajstić information content (AvgIpc) is 3.44. The molecule has 0 aliphatic carbocycles. The monoisotopic (exact) mass is 1100 g/mol. The lowest BCUT2D eigenvalue weighted by Gasteiger charge is -2.20. The zero-order chi connectivity index (χ0) is 56.4. The number of amides is 1. The summed E-state index contributed by atoms with van der Waals surface area (Å²) in [6, 6.07) is -0.635. The van der Waals surface area contributed by atoms with Crippen LogP contribution in [0, 0.1) is 0 Å². The number of aliphatic hydroxyl groups is 2. The lowest BCUT2D eigenvalue weighted by Crippen LogP contribution is -2.45. The standard InChI is InChI=1S/C72H137NO5/c1-3-5-7-9-11-13-15-17-19-21-22-23-24-27-30-33-36-40-44-48-52-56-60-64-70(75)69(68-74)73-71(76)65-61-57-53-49-45-41-37-34-31-28-25-26-29-32-35-39-43-47-51-55-59-63-67-78-72(77)66-62-58-54-50-46-42-38-20-18-16-14-12-10-8-6-4-2/h20,28,31,38,60,64,69-70,74-75H,3-19,21-27,29-30,32-37,39-59,61-63,65-68H2,1-2H3,(H,73,76)/b31-28-,38-20-,64-60+. The number of carbonyl (C=O) groups excluding carboxylic acids is 2. The van der Waals surface area contributed by atoms with Crippen LogP contribution in [0.2, 0.25) is 0 Å². The van der Waals surface area contributed by atoms with Crippen molar-refractivity contribution < 1.29 is 24.5 Å². The number of carbonyl (C=O) groups is 2. The molecule has 78 heavy (non-hydrogen) atoms. The van der Waals surface area contributed by atoms with E-state index in [2.05, 4.69) is 43.5 Å². The molecule has 0 rings (SSSR count). The summed E-state index contributed by atoms with van der Waals surface area (Å²) in [4.78, 5) is 24.6. The van der Waals surface area contributed by atoms with Crippen LogP contribution < -0.4 is 5.32 Å². The Kier molecular flexibility index (Phi) is 65.9. The number of nitrogens with one attached hydrogen (secondary N) is 1. The highest BCUT2D eigenvalue weighted by Crippen LogP contribution is 2.18. The third-order valence-electron chi connectivity index (χ3n) is 16.4. The quantitative estimate of drug-likeness (QED) is 0.0320. The van der Waals surface area contributed by atoms with Gasteiger partial charge in [0.15, 0.2) is 0 Å². The van der Waals surface area contributed by atoms with Gasteiger partial charge in [0.05, 0.1) is 25.4 Å². The minimum Gasteiger partial charge on any atom is -0.466 e. The van der Waals surface area contributed by atoms with Gasteiger partial charge in [-0.25, -0.2) is 0 Å². The van der Waals surface area contributed by atoms with E-state index in [1.807, 2.05) is 6.08 Å². The van der Waals surface area contributed by atoms with Gasteiger partial charge in [0.25, 0.3) is 0 Å². The van der Waals surface area contributed by atoms with Crippen molar-refractivity contribution in [1.82, 2.24) is 5.32 Å². The SMILES string of the molecule is CCCCCCCCC/C=C\CCCCCCCC(=O)OCCCCCCCCCCCCC/C=C\CCCCCCCCCC(=O)NC(CO)C(O)/C=C/CCCCCCCCCCCCCCCCCCCCCCC. The zero-order valence-electron chi connectivity index (χ0n) is 52.7. The summed E-state index contributed by atoms with van der Waals surface area (Å²) in [7, 11) is 0. The number of unbranched alkanes of at least 4 members (excludes halogenated alkanes) is 51. The van der Waals surface area contributed by atoms with E-state index in [-0.39, 0.29) is 18.5 Å². The van der Waals surface area contributed by atoms with Gasteiger partial charge in [-0.15, -0.1) is 0 Å². The molecule has 0 aliphatic rings. The number of hydrogen-bond donors (Lipinski definition) is 3. The first kappa shape index (κ1) is 76.1. The lowest BCUT2D eigenvalue weighted by molar-refractivity contribution is -0.143. The third-order valence-corrected chi connectivity index (χ3v) is 16.4. The minimum absolute atomic E-state index is 0.00259. The molecule has 6 nitrogen and oxygen atoms in total. The normalized spacial score (nSPS) is 12.7. The van der Waals surface area contributed by atoms with Crippen molar-refractivity contribution in [3.63, 3.8) is 0 Å². The van der Waals surface area contributed by atoms with Crippen LogP contribution in [-0.2, 0) is 14.3 Å². The van der Waals surface area contributed by atoms with Gasteiger partial charge in [-0.1, -0.05) is 326 Å². The third kappa shape index (κ3) is 63.3. The minimum atomic E-state index is -0.851. The molecule has 0 aromatic rings. The first-order valence-corrected chi connectivity index (χ1v) is 35.3. The Bertz CT molecular complexity index is 1260. The average molecular weight is 1100 g/mol. The summed E-state index contributed by atoms with van der Waals surface area (Å²) < 4.78 is 5.49. The number of ether oxygens (including phenoxy) is 1. The topological polar surface area (TPSA) is 95.9 Å². The van der Waals surface area contributed by atoms with Crippen molar-refractivity contribution in [1.29, 1.82) is 0 Å². The molecule has 460 valence electrons. The molecule has 0 heterocycles. The smallest absolute Gasteiger partial charge is 0.305 e. The van der Waals surface area contributed by atoms with E-state index in [1.54, 1.807) is 6.08 Å². The molecular formula is C72H137NO5. The summed E-state index contributed by atoms with van der Waals surface area (Å²) in [6.45, 7) is 4.93. The predicted octanol–water partition coefficient (Wildman–Crippen LogP) is 22.7. The van der Waals surface area contributed by atoms with E-state index in [1.165, 1.54) is 308 Å². The van der Waals surface area contributed by atoms with Crippen LogP contribution >= 0.6 is 0 Å². The summed E-state index contributed by atoms with van der Waals surface area (Å²) in [5, 5.41) is 23.3. The Morgan fingerprint density at radius 3 is 0.910 bits per heavy atom. The number of aliphatic hydroxyl groups excluding tert-OH is 2. The Morgan fingerprint density at radius 2 is 0.603 bits per heavy atom. The van der Waals surface area contributed by atoms with Crippen LogP contribution in [0.4, 0.5) is 0 Å². The van der Waals surface area contributed by atoms with Gasteiger partial charge in [-0.05, 0) is 83.5 Å². The molecule has 6 heteroatoms. The van der Waals surface area contributed by atoms with Crippen molar-refractivity contribution in [3.05, 3.63) is 36.5 Å². The maximum atomic E-state index is 12.5. The highest BCUT2D eigenvalue weighted by molar-refractivity contribution is 5.76. The largest absolute Gasteiger partial charge is 0.466 e. The van der Waals surface area contributed by atoms with Crippen molar-refractivity contribution >= 4 is 11.9 Å². The predicted molar refractivity (Wildman–Crippen MR) is 343 cm³/mol. The molecule has 0 fully saturated rings. The van der Waals surface area contributed by atoms with Crippen LogP contribution in [-0.4, -0.2) is 47.4 Å². The second kappa shape index (κ2) is 67.6. The van der Waals surface area contributed by atoms with E-state index in [0.717, 1.165) is 51.4 Å². The van der Waals surface area contributed by atoms with Crippen molar-refractivity contribution in [2.45, 2.75) is 398 Å². The van der Waals surface area contributed by atoms with Gasteiger partial charge in [-0.3, -0.25) is 9.59 Å². The zero-order valence-corrected chi connectivity index (χ0v) is 52.7. The molecule has 3 N–H and O–H groups in total. The molecule has 0 radical (unpaired) electrons. The number of hydrogen-bond acceptors (Lipinski definition) is 5. The molecule has 0 aromatic carbocycles. The van der Waals surface area contributed by atoms with Crippen molar-refractivity contribution in [2.24, 2.45) is 0 Å². The van der Waals surface area contributed by atoms with Crippen LogP contribution in [0.3, 0.4) is 0 Å². The fourth-order valence-electron chi connectivity index (χ4n) is 11.0. The van der Waals surface area contributed by atoms with Crippen LogP contribution in [0.1, 0.15) is 386 Å². The molecule has 2 atom stereocenters. The van der Waals surface area contributed by atoms with Gasteiger partial charge < -0.3 is 20.3 Å². The molecule has 0 aliphatic heterocycles. The van der Waals surface area contributed by atoms with Crippen LogP contribution in [0.15, 0.2) is 36.5 Å². The Balaban J connectivity index is 3.44. The Labute approximate surface area is 487 Å². The highest BCUT2D eigenvalue weighted by Gasteiger charge is 2.18. The maximum absolute atomic E-state index is 12.5. The summed E-state index contributed by atoms with van der Waals surface area (Å²) >= 11 is 0. The van der Waals surface area contributed by atoms with Crippen LogP contribution in [0.5, 0.6) is 0 Å². The molecule has 0 bridgehead atoms. The van der Waals surface area contributed by atoms with E-state index < -0.39 is 12.1 Å². The Hall–Kier alpha value is -1.92. The Morgan fingerprint density at radius 1 is 0.346 bits per heavy atom. The molecule has 1 amide bonds. The van der Waals surface area contributed by atoms with Crippen LogP contribution in [0.25, 0.3) is 0 Å². The second-order valence-electron chi connectivity index (χ2n) is 24.2. The highest BCUT2D eigenvalue weighted by atomic mass is 16.5. The summed E-state index contributed by atoms with van der Waals surface area (Å²) in [5.74, 6) is -0.0688.